The Kier molecular flexibility index (Phi) is 2.60. The standard InChI is InChI=1S/C7H10F2N4S/c8-5(9)6-11-12-7(14-6)13-2-1-4(13)3-10/h4-5H,1-3,10H2. The number of alkyl halides is 2. The fraction of sp³-hybridized carbons (Fsp3) is 0.714. The molecular weight excluding hydrogens is 210 g/mol. The number of nitrogens with zero attached hydrogens (tertiary/aromatic N) is 3. The summed E-state index contributed by atoms with van der Waals surface area (Å²) in [5.41, 5.74) is 5.49. The second-order valence-electron chi connectivity index (χ2n) is 3.10. The van der Waals surface area contributed by atoms with Crippen LogP contribution in [0.1, 0.15) is 17.9 Å². The van der Waals surface area contributed by atoms with Crippen molar-refractivity contribution in [3.05, 3.63) is 5.01 Å². The minimum Gasteiger partial charge on any atom is -0.342 e. The monoisotopic (exact) mass is 220 g/mol. The van der Waals surface area contributed by atoms with E-state index in [1.165, 1.54) is 0 Å². The van der Waals surface area contributed by atoms with Gasteiger partial charge in [-0.2, -0.15) is 0 Å². The Morgan fingerprint density at radius 2 is 2.36 bits per heavy atom. The number of anilines is 1. The van der Waals surface area contributed by atoms with Gasteiger partial charge in [0, 0.05) is 19.1 Å². The van der Waals surface area contributed by atoms with Crippen LogP contribution >= 0.6 is 11.3 Å². The molecule has 2 heterocycles. The van der Waals surface area contributed by atoms with Crippen molar-refractivity contribution >= 4 is 16.5 Å². The molecule has 14 heavy (non-hydrogen) atoms. The van der Waals surface area contributed by atoms with Gasteiger partial charge >= 0.3 is 0 Å². The van der Waals surface area contributed by atoms with E-state index >= 15 is 0 Å². The van der Waals surface area contributed by atoms with Crippen molar-refractivity contribution in [2.75, 3.05) is 18.0 Å². The SMILES string of the molecule is NCC1CCN1c1nnc(C(F)F)s1. The van der Waals surface area contributed by atoms with E-state index in [1.807, 2.05) is 4.90 Å². The molecule has 1 saturated heterocycles. The Morgan fingerprint density at radius 1 is 1.57 bits per heavy atom. The van der Waals surface area contributed by atoms with Gasteiger partial charge < -0.3 is 10.6 Å². The van der Waals surface area contributed by atoms with Crippen molar-refractivity contribution in [2.24, 2.45) is 5.73 Å². The van der Waals surface area contributed by atoms with E-state index in [9.17, 15) is 8.78 Å². The minimum atomic E-state index is -2.53. The molecule has 2 rings (SSSR count). The van der Waals surface area contributed by atoms with Gasteiger partial charge in [0.05, 0.1) is 0 Å². The Hall–Kier alpha value is -0.820. The molecule has 1 aliphatic heterocycles. The average Bonchev–Trinajstić information content (AvgIpc) is 2.52. The predicted octanol–water partition coefficient (Wildman–Crippen LogP) is 1.01. The molecule has 1 unspecified atom stereocenters. The smallest absolute Gasteiger partial charge is 0.291 e. The molecule has 4 nitrogen and oxygen atoms in total. The highest BCUT2D eigenvalue weighted by molar-refractivity contribution is 7.15. The molecule has 0 aliphatic carbocycles. The number of rotatable bonds is 3. The third kappa shape index (κ3) is 1.57. The normalized spacial score (nSPS) is 21.4. The zero-order valence-corrected chi connectivity index (χ0v) is 8.18. The highest BCUT2D eigenvalue weighted by atomic mass is 32.1. The van der Waals surface area contributed by atoms with E-state index in [1.54, 1.807) is 0 Å². The van der Waals surface area contributed by atoms with Gasteiger partial charge in [-0.15, -0.1) is 10.2 Å². The summed E-state index contributed by atoms with van der Waals surface area (Å²) < 4.78 is 24.4. The third-order valence-electron chi connectivity index (χ3n) is 2.28. The van der Waals surface area contributed by atoms with Crippen LogP contribution in [0.5, 0.6) is 0 Å². The summed E-state index contributed by atoms with van der Waals surface area (Å²) in [4.78, 5) is 1.92. The van der Waals surface area contributed by atoms with Crippen LogP contribution in [-0.2, 0) is 0 Å². The average molecular weight is 220 g/mol. The van der Waals surface area contributed by atoms with Crippen LogP contribution in [0.25, 0.3) is 0 Å². The van der Waals surface area contributed by atoms with Crippen molar-refractivity contribution in [2.45, 2.75) is 18.9 Å². The van der Waals surface area contributed by atoms with E-state index in [4.69, 9.17) is 5.73 Å². The zero-order valence-electron chi connectivity index (χ0n) is 7.36. The van der Waals surface area contributed by atoms with Gasteiger partial charge in [-0.25, -0.2) is 8.78 Å². The molecule has 78 valence electrons. The van der Waals surface area contributed by atoms with Crippen LogP contribution in [0.2, 0.25) is 0 Å². The van der Waals surface area contributed by atoms with E-state index in [0.717, 1.165) is 24.3 Å². The number of halogens is 2. The van der Waals surface area contributed by atoms with Crippen LogP contribution in [-0.4, -0.2) is 29.3 Å². The molecule has 2 N–H and O–H groups in total. The van der Waals surface area contributed by atoms with Crippen LogP contribution in [0.3, 0.4) is 0 Å². The van der Waals surface area contributed by atoms with E-state index in [0.29, 0.717) is 11.7 Å². The molecule has 1 aliphatic rings. The summed E-state index contributed by atoms with van der Waals surface area (Å²) in [6.07, 6.45) is -1.53. The summed E-state index contributed by atoms with van der Waals surface area (Å²) in [6.45, 7) is 1.36. The fourth-order valence-corrected chi connectivity index (χ4v) is 2.17. The van der Waals surface area contributed by atoms with Crippen LogP contribution in [0.15, 0.2) is 0 Å². The summed E-state index contributed by atoms with van der Waals surface area (Å²) in [7, 11) is 0. The lowest BCUT2D eigenvalue weighted by molar-refractivity contribution is 0.150. The van der Waals surface area contributed by atoms with Crippen molar-refractivity contribution in [3.8, 4) is 0 Å². The van der Waals surface area contributed by atoms with Gasteiger partial charge in [0.2, 0.25) is 5.13 Å². The zero-order chi connectivity index (χ0) is 10.1. The fourth-order valence-electron chi connectivity index (χ4n) is 1.37. The van der Waals surface area contributed by atoms with Crippen LogP contribution in [0.4, 0.5) is 13.9 Å². The van der Waals surface area contributed by atoms with E-state index < -0.39 is 6.43 Å². The van der Waals surface area contributed by atoms with Crippen molar-refractivity contribution in [1.29, 1.82) is 0 Å². The molecule has 1 aromatic rings. The Morgan fingerprint density at radius 3 is 2.79 bits per heavy atom. The maximum atomic E-state index is 12.2. The van der Waals surface area contributed by atoms with Crippen molar-refractivity contribution in [3.63, 3.8) is 0 Å². The Balaban J connectivity index is 2.09. The lowest BCUT2D eigenvalue weighted by Gasteiger charge is -2.39. The van der Waals surface area contributed by atoms with Crippen molar-refractivity contribution in [1.82, 2.24) is 10.2 Å². The second kappa shape index (κ2) is 3.74. The second-order valence-corrected chi connectivity index (χ2v) is 4.08. The molecule has 1 aromatic heterocycles. The molecule has 0 aromatic carbocycles. The molecule has 0 radical (unpaired) electrons. The maximum Gasteiger partial charge on any atom is 0.291 e. The number of aromatic nitrogens is 2. The Bertz CT molecular complexity index is 314. The van der Waals surface area contributed by atoms with Gasteiger partial charge in [0.25, 0.3) is 6.43 Å². The number of hydrogen-bond acceptors (Lipinski definition) is 5. The van der Waals surface area contributed by atoms with E-state index in [-0.39, 0.29) is 11.0 Å². The first kappa shape index (κ1) is 9.72. The summed E-state index contributed by atoms with van der Waals surface area (Å²) in [5.74, 6) is 0. The van der Waals surface area contributed by atoms with Gasteiger partial charge in [-0.1, -0.05) is 11.3 Å². The molecular formula is C7H10F2N4S. The van der Waals surface area contributed by atoms with Gasteiger partial charge in [-0.05, 0) is 6.42 Å². The lowest BCUT2D eigenvalue weighted by atomic mass is 10.1. The third-order valence-corrected chi connectivity index (χ3v) is 3.25. The first-order valence-corrected chi connectivity index (χ1v) is 5.12. The van der Waals surface area contributed by atoms with Gasteiger partial charge in [0.15, 0.2) is 5.01 Å². The molecule has 1 atom stereocenters. The van der Waals surface area contributed by atoms with Crippen molar-refractivity contribution < 1.29 is 8.78 Å². The van der Waals surface area contributed by atoms with Crippen LogP contribution in [0, 0.1) is 0 Å². The van der Waals surface area contributed by atoms with E-state index in [2.05, 4.69) is 10.2 Å². The minimum absolute atomic E-state index is 0.220. The first-order chi connectivity index (χ1) is 6.72. The lowest BCUT2D eigenvalue weighted by Crippen LogP contribution is -2.51. The maximum absolute atomic E-state index is 12.2. The number of nitrogens with two attached hydrogens (primary N) is 1. The molecule has 0 spiro atoms. The molecule has 7 heteroatoms. The largest absolute Gasteiger partial charge is 0.342 e. The quantitative estimate of drug-likeness (QED) is 0.826. The summed E-state index contributed by atoms with van der Waals surface area (Å²) >= 11 is 0.942. The first-order valence-electron chi connectivity index (χ1n) is 4.30. The topological polar surface area (TPSA) is 55.0 Å². The molecule has 1 fully saturated rings. The highest BCUT2D eigenvalue weighted by Gasteiger charge is 2.30. The molecule has 0 saturated carbocycles. The predicted molar refractivity (Wildman–Crippen MR) is 49.7 cm³/mol. The van der Waals surface area contributed by atoms with Crippen LogP contribution < -0.4 is 10.6 Å². The highest BCUT2D eigenvalue weighted by Crippen LogP contribution is 2.32. The Labute approximate surface area is 83.7 Å². The van der Waals surface area contributed by atoms with Gasteiger partial charge in [-0.3, -0.25) is 0 Å². The molecule has 0 amide bonds. The summed E-state index contributed by atoms with van der Waals surface area (Å²) in [5, 5.41) is 7.48. The molecule has 0 bridgehead atoms. The van der Waals surface area contributed by atoms with Gasteiger partial charge in [0.1, 0.15) is 0 Å². The number of hydrogen-bond donors (Lipinski definition) is 1. The summed E-state index contributed by atoms with van der Waals surface area (Å²) in [6, 6.07) is 0.244.